The van der Waals surface area contributed by atoms with Gasteiger partial charge in [0, 0.05) is 22.6 Å². The lowest BCUT2D eigenvalue weighted by molar-refractivity contribution is -0.136. The number of benzene rings is 2. The van der Waals surface area contributed by atoms with Crippen molar-refractivity contribution in [1.82, 2.24) is 0 Å². The second-order valence-electron chi connectivity index (χ2n) is 7.50. The van der Waals surface area contributed by atoms with Gasteiger partial charge in [0.1, 0.15) is 28.7 Å². The van der Waals surface area contributed by atoms with Crippen molar-refractivity contribution in [1.29, 1.82) is 0 Å². The SMILES string of the molecule is CC(C)CC1CC(=O)Oc2cc(O)c3c(=O)c(-c4ccc(Cl)cc4)coc3c21. The van der Waals surface area contributed by atoms with Crippen molar-refractivity contribution in [3.8, 4) is 22.6 Å². The van der Waals surface area contributed by atoms with Gasteiger partial charge >= 0.3 is 5.97 Å². The molecule has 1 atom stereocenters. The maximum Gasteiger partial charge on any atom is 0.311 e. The number of esters is 1. The summed E-state index contributed by atoms with van der Waals surface area (Å²) < 4.78 is 11.2. The molecule has 28 heavy (non-hydrogen) atoms. The second-order valence-corrected chi connectivity index (χ2v) is 7.94. The molecule has 2 aromatic carbocycles. The van der Waals surface area contributed by atoms with Crippen LogP contribution >= 0.6 is 11.6 Å². The van der Waals surface area contributed by atoms with Crippen molar-refractivity contribution in [2.75, 3.05) is 0 Å². The molecule has 0 aliphatic carbocycles. The number of carbonyl (C=O) groups is 1. The van der Waals surface area contributed by atoms with Gasteiger partial charge < -0.3 is 14.3 Å². The fourth-order valence-electron chi connectivity index (χ4n) is 3.82. The maximum absolute atomic E-state index is 13.2. The van der Waals surface area contributed by atoms with Gasteiger partial charge in [-0.3, -0.25) is 9.59 Å². The smallest absolute Gasteiger partial charge is 0.311 e. The van der Waals surface area contributed by atoms with Crippen LogP contribution in [0.4, 0.5) is 0 Å². The fraction of sp³-hybridized carbons (Fsp3) is 0.273. The molecule has 1 unspecified atom stereocenters. The largest absolute Gasteiger partial charge is 0.507 e. The summed E-state index contributed by atoms with van der Waals surface area (Å²) in [5.41, 5.74) is 1.57. The third kappa shape index (κ3) is 3.16. The minimum Gasteiger partial charge on any atom is -0.507 e. The topological polar surface area (TPSA) is 76.7 Å². The average molecular weight is 399 g/mol. The first-order valence-electron chi connectivity index (χ1n) is 9.13. The number of fused-ring (bicyclic) bond motifs is 3. The molecule has 144 valence electrons. The highest BCUT2D eigenvalue weighted by atomic mass is 35.5. The van der Waals surface area contributed by atoms with Crippen molar-refractivity contribution in [3.63, 3.8) is 0 Å². The van der Waals surface area contributed by atoms with Crippen LogP contribution in [0.15, 0.2) is 45.8 Å². The minimum atomic E-state index is -0.350. The molecule has 1 N–H and O–H groups in total. The Hall–Kier alpha value is -2.79. The molecule has 4 rings (SSSR count). The summed E-state index contributed by atoms with van der Waals surface area (Å²) in [5, 5.41) is 11.2. The van der Waals surface area contributed by atoms with E-state index in [4.69, 9.17) is 20.8 Å². The Morgan fingerprint density at radius 2 is 1.93 bits per heavy atom. The van der Waals surface area contributed by atoms with E-state index in [0.29, 0.717) is 27.6 Å². The first kappa shape index (κ1) is 18.6. The molecular formula is C22H19ClO5. The number of phenols is 1. The first-order valence-corrected chi connectivity index (χ1v) is 9.51. The van der Waals surface area contributed by atoms with Gasteiger partial charge in [-0.25, -0.2) is 0 Å². The van der Waals surface area contributed by atoms with Gasteiger partial charge in [-0.2, -0.15) is 0 Å². The molecule has 5 nitrogen and oxygen atoms in total. The van der Waals surface area contributed by atoms with Crippen LogP contribution in [0.1, 0.15) is 38.2 Å². The highest BCUT2D eigenvalue weighted by molar-refractivity contribution is 6.30. The average Bonchev–Trinajstić information content (AvgIpc) is 2.61. The molecule has 1 aromatic heterocycles. The number of aromatic hydroxyl groups is 1. The lowest BCUT2D eigenvalue weighted by Crippen LogP contribution is -2.22. The monoisotopic (exact) mass is 398 g/mol. The molecule has 2 heterocycles. The number of hydrogen-bond acceptors (Lipinski definition) is 5. The number of hydrogen-bond donors (Lipinski definition) is 1. The summed E-state index contributed by atoms with van der Waals surface area (Å²) in [6.07, 6.45) is 2.34. The van der Waals surface area contributed by atoms with Crippen LogP contribution in [-0.4, -0.2) is 11.1 Å². The number of halogens is 1. The maximum atomic E-state index is 13.2. The van der Waals surface area contributed by atoms with Crippen LogP contribution in [0.3, 0.4) is 0 Å². The van der Waals surface area contributed by atoms with Gasteiger partial charge in [0.25, 0.3) is 0 Å². The van der Waals surface area contributed by atoms with E-state index in [1.807, 2.05) is 0 Å². The predicted octanol–water partition coefficient (Wildman–Crippen LogP) is 5.26. The highest BCUT2D eigenvalue weighted by Crippen LogP contribution is 2.45. The zero-order valence-corrected chi connectivity index (χ0v) is 16.2. The highest BCUT2D eigenvalue weighted by Gasteiger charge is 2.32. The molecule has 0 saturated heterocycles. The summed E-state index contributed by atoms with van der Waals surface area (Å²) in [7, 11) is 0. The Morgan fingerprint density at radius 3 is 2.61 bits per heavy atom. The number of carbonyl (C=O) groups excluding carboxylic acids is 1. The Kier molecular flexibility index (Phi) is 4.63. The number of ether oxygens (including phenoxy) is 1. The lowest BCUT2D eigenvalue weighted by Gasteiger charge is -2.26. The van der Waals surface area contributed by atoms with Gasteiger partial charge in [-0.15, -0.1) is 0 Å². The Balaban J connectivity index is 1.97. The van der Waals surface area contributed by atoms with E-state index in [-0.39, 0.29) is 46.2 Å². The second kappa shape index (κ2) is 6.99. The molecule has 0 spiro atoms. The number of rotatable bonds is 3. The van der Waals surface area contributed by atoms with Crippen molar-refractivity contribution in [2.24, 2.45) is 5.92 Å². The van der Waals surface area contributed by atoms with Crippen molar-refractivity contribution in [3.05, 3.63) is 57.4 Å². The van der Waals surface area contributed by atoms with E-state index in [2.05, 4.69) is 13.8 Å². The standard InChI is InChI=1S/C22H19ClO5/c1-11(2)7-13-8-18(25)28-17-9-16(24)20-21(26)15(10-27-22(20)19(13)17)12-3-5-14(23)6-4-12/h3-6,9-11,13,24H,7-8H2,1-2H3. The van der Waals surface area contributed by atoms with Crippen LogP contribution in [0.5, 0.6) is 11.5 Å². The van der Waals surface area contributed by atoms with Crippen LogP contribution in [0.25, 0.3) is 22.1 Å². The molecule has 0 bridgehead atoms. The van der Waals surface area contributed by atoms with Crippen LogP contribution in [0, 0.1) is 5.92 Å². The summed E-state index contributed by atoms with van der Waals surface area (Å²) >= 11 is 5.92. The van der Waals surface area contributed by atoms with E-state index in [1.54, 1.807) is 24.3 Å². The van der Waals surface area contributed by atoms with Crippen molar-refractivity contribution in [2.45, 2.75) is 32.6 Å². The van der Waals surface area contributed by atoms with E-state index < -0.39 is 0 Å². The van der Waals surface area contributed by atoms with Crippen LogP contribution in [0.2, 0.25) is 5.02 Å². The molecule has 0 radical (unpaired) electrons. The predicted molar refractivity (Wildman–Crippen MR) is 107 cm³/mol. The van der Waals surface area contributed by atoms with Gasteiger partial charge in [0.2, 0.25) is 5.43 Å². The van der Waals surface area contributed by atoms with Crippen molar-refractivity contribution < 1.29 is 19.1 Å². The summed E-state index contributed by atoms with van der Waals surface area (Å²) in [6.45, 7) is 4.13. The van der Waals surface area contributed by atoms with E-state index in [1.165, 1.54) is 12.3 Å². The zero-order chi connectivity index (χ0) is 20.0. The van der Waals surface area contributed by atoms with Crippen molar-refractivity contribution >= 4 is 28.5 Å². The van der Waals surface area contributed by atoms with Gasteiger partial charge in [0.15, 0.2) is 0 Å². The van der Waals surface area contributed by atoms with E-state index >= 15 is 0 Å². The lowest BCUT2D eigenvalue weighted by atomic mass is 9.84. The van der Waals surface area contributed by atoms with E-state index in [9.17, 15) is 14.7 Å². The summed E-state index contributed by atoms with van der Waals surface area (Å²) in [5.74, 6) is -0.154. The van der Waals surface area contributed by atoms with Crippen LogP contribution in [-0.2, 0) is 4.79 Å². The zero-order valence-electron chi connectivity index (χ0n) is 15.5. The summed E-state index contributed by atoms with van der Waals surface area (Å²) in [4.78, 5) is 25.1. The molecule has 0 saturated carbocycles. The van der Waals surface area contributed by atoms with Gasteiger partial charge in [-0.05, 0) is 30.0 Å². The minimum absolute atomic E-state index is 0.0953. The molecule has 3 aromatic rings. The number of phenolic OH excluding ortho intramolecular Hbond substituents is 1. The third-order valence-electron chi connectivity index (χ3n) is 4.98. The molecule has 1 aliphatic heterocycles. The fourth-order valence-corrected chi connectivity index (χ4v) is 3.95. The third-order valence-corrected chi connectivity index (χ3v) is 5.24. The normalized spacial score (nSPS) is 16.3. The summed E-state index contributed by atoms with van der Waals surface area (Å²) in [6, 6.07) is 8.15. The molecule has 6 heteroatoms. The molecule has 0 fully saturated rings. The van der Waals surface area contributed by atoms with E-state index in [0.717, 1.165) is 6.42 Å². The molecule has 1 aliphatic rings. The van der Waals surface area contributed by atoms with Crippen LogP contribution < -0.4 is 10.2 Å². The Bertz CT molecular complexity index is 1130. The van der Waals surface area contributed by atoms with Gasteiger partial charge in [-0.1, -0.05) is 37.6 Å². The first-order chi connectivity index (χ1) is 13.3. The van der Waals surface area contributed by atoms with Gasteiger partial charge in [0.05, 0.1) is 12.0 Å². The Labute approximate surface area is 166 Å². The molecular weight excluding hydrogens is 380 g/mol. The molecule has 0 amide bonds. The quantitative estimate of drug-likeness (QED) is 0.481. The Morgan fingerprint density at radius 1 is 1.21 bits per heavy atom.